The number of carbonyl (C=O) groups is 3. The van der Waals surface area contributed by atoms with E-state index in [0.29, 0.717) is 35.2 Å². The molecule has 8 heteroatoms. The highest BCUT2D eigenvalue weighted by Gasteiger charge is 2.60. The van der Waals surface area contributed by atoms with Gasteiger partial charge < -0.3 is 15.3 Å². The summed E-state index contributed by atoms with van der Waals surface area (Å²) in [6.45, 7) is 2.05. The smallest absolute Gasteiger partial charge is 0.254 e. The molecule has 0 radical (unpaired) electrons. The number of aryl methyl sites for hydroxylation is 1. The molecule has 2 saturated carbocycles. The van der Waals surface area contributed by atoms with Crippen LogP contribution in [0.25, 0.3) is 0 Å². The Morgan fingerprint density at radius 1 is 1.24 bits per heavy atom. The Morgan fingerprint density at radius 3 is 2.71 bits per heavy atom. The molecule has 1 heterocycles. The Morgan fingerprint density at radius 2 is 2.03 bits per heavy atom. The second-order valence-corrected chi connectivity index (χ2v) is 11.8. The molecule has 0 bridgehead atoms. The molecule has 0 spiro atoms. The summed E-state index contributed by atoms with van der Waals surface area (Å²) < 4.78 is 0. The fourth-order valence-corrected chi connectivity index (χ4v) is 7.53. The van der Waals surface area contributed by atoms with E-state index in [-0.39, 0.29) is 35.9 Å². The van der Waals surface area contributed by atoms with Gasteiger partial charge in [0.1, 0.15) is 5.82 Å². The van der Waals surface area contributed by atoms with Gasteiger partial charge in [0.2, 0.25) is 5.91 Å². The van der Waals surface area contributed by atoms with Gasteiger partial charge in [0, 0.05) is 42.7 Å². The predicted molar refractivity (Wildman–Crippen MR) is 146 cm³/mol. The molecule has 0 aliphatic heterocycles. The summed E-state index contributed by atoms with van der Waals surface area (Å²) in [5, 5.41) is 13.7. The van der Waals surface area contributed by atoms with E-state index in [1.807, 2.05) is 6.07 Å². The zero-order chi connectivity index (χ0) is 27.2. The number of hydrogen-bond acceptors (Lipinski definition) is 5. The van der Waals surface area contributed by atoms with E-state index in [1.54, 1.807) is 26.2 Å². The number of fused-ring (bicyclic) bond motifs is 5. The summed E-state index contributed by atoms with van der Waals surface area (Å²) in [5.41, 5.74) is 3.00. The van der Waals surface area contributed by atoms with E-state index in [2.05, 4.69) is 29.4 Å². The van der Waals surface area contributed by atoms with Gasteiger partial charge in [-0.2, -0.15) is 0 Å². The molecule has 3 unspecified atom stereocenters. The summed E-state index contributed by atoms with van der Waals surface area (Å²) in [6.07, 6.45) is 6.69. The van der Waals surface area contributed by atoms with Gasteiger partial charge in [0.05, 0.1) is 11.8 Å². The average Bonchev–Trinajstić information content (AvgIpc) is 3.12. The van der Waals surface area contributed by atoms with Crippen LogP contribution < -0.4 is 5.32 Å². The normalized spacial score (nSPS) is 28.8. The van der Waals surface area contributed by atoms with Crippen LogP contribution in [-0.4, -0.2) is 46.7 Å². The zero-order valence-electron chi connectivity index (χ0n) is 22.0. The highest BCUT2D eigenvalue weighted by Crippen LogP contribution is 2.63. The van der Waals surface area contributed by atoms with E-state index in [1.165, 1.54) is 22.2 Å². The van der Waals surface area contributed by atoms with Crippen molar-refractivity contribution in [2.24, 2.45) is 23.2 Å². The van der Waals surface area contributed by atoms with Crippen LogP contribution in [0.3, 0.4) is 0 Å². The lowest BCUT2D eigenvalue weighted by Crippen LogP contribution is -2.44. The second-order valence-electron chi connectivity index (χ2n) is 11.4. The number of aliphatic hydroxyl groups excluding tert-OH is 1. The highest BCUT2D eigenvalue weighted by atomic mass is 35.5. The number of nitrogens with one attached hydrogen (secondary N) is 1. The Kier molecular flexibility index (Phi) is 7.07. The first-order chi connectivity index (χ1) is 18.1. The molecule has 1 aromatic carbocycles. The molecular formula is C30H34ClN3O4. The van der Waals surface area contributed by atoms with Gasteiger partial charge in [0.25, 0.3) is 5.91 Å². The molecule has 3 aliphatic carbocycles. The molecule has 2 N–H and O–H groups in total. The first-order valence-corrected chi connectivity index (χ1v) is 13.7. The largest absolute Gasteiger partial charge is 0.515 e. The van der Waals surface area contributed by atoms with Crippen molar-refractivity contribution in [1.82, 2.24) is 9.88 Å². The monoisotopic (exact) mass is 535 g/mol. The molecule has 2 amide bonds. The number of benzene rings is 1. The number of halogens is 1. The van der Waals surface area contributed by atoms with Crippen molar-refractivity contribution in [2.45, 2.75) is 51.4 Å². The van der Waals surface area contributed by atoms with Crippen molar-refractivity contribution in [2.75, 3.05) is 19.4 Å². The fourth-order valence-electron chi connectivity index (χ4n) is 7.33. The molecule has 7 nitrogen and oxygen atoms in total. The van der Waals surface area contributed by atoms with Crippen LogP contribution in [0.2, 0.25) is 5.02 Å². The third-order valence-electron chi connectivity index (χ3n) is 9.06. The van der Waals surface area contributed by atoms with E-state index in [9.17, 15) is 19.5 Å². The van der Waals surface area contributed by atoms with Gasteiger partial charge in [-0.1, -0.05) is 24.6 Å². The van der Waals surface area contributed by atoms with E-state index >= 15 is 0 Å². The van der Waals surface area contributed by atoms with Crippen molar-refractivity contribution in [1.29, 1.82) is 0 Å². The minimum atomic E-state index is -0.531. The highest BCUT2D eigenvalue weighted by molar-refractivity contribution is 6.30. The Balaban J connectivity index is 1.33. The van der Waals surface area contributed by atoms with Gasteiger partial charge >= 0.3 is 0 Å². The van der Waals surface area contributed by atoms with Crippen LogP contribution >= 0.6 is 11.6 Å². The van der Waals surface area contributed by atoms with Gasteiger partial charge in [-0.15, -0.1) is 0 Å². The molecule has 3 aliphatic rings. The van der Waals surface area contributed by atoms with Gasteiger partial charge in [-0.25, -0.2) is 4.98 Å². The number of rotatable bonds is 5. The molecule has 2 fully saturated rings. The quantitative estimate of drug-likeness (QED) is 0.386. The number of anilines is 1. The average molecular weight is 536 g/mol. The third-order valence-corrected chi connectivity index (χ3v) is 9.29. The van der Waals surface area contributed by atoms with Gasteiger partial charge in [-0.05, 0) is 91.2 Å². The van der Waals surface area contributed by atoms with Crippen LogP contribution in [0.5, 0.6) is 0 Å². The Hall–Kier alpha value is -3.19. The maximum Gasteiger partial charge on any atom is 0.254 e. The number of allylic oxidation sites excluding steroid dienone is 1. The number of aliphatic hydroxyl groups is 1. The van der Waals surface area contributed by atoms with Crippen LogP contribution in [0, 0.1) is 23.2 Å². The molecule has 38 heavy (non-hydrogen) atoms. The standard InChI is InChI=1S/C30H34ClN3O4/c1-30-13-12-21-20-8-6-19(31)14-17(20)4-7-22(21)27(30)23(24(16-35)28(30)37)9-11-26(36)33-25-10-5-18(15-32-25)29(38)34(2)3/h5-6,8,10,14-16,21-23,27,35H,4,7,9,11-13H2,1-3H3,(H,32,33,36)/b24-16-/t21?,22?,23-,27?,30+/m1/s1. The Bertz CT molecular complexity index is 1310. The SMILES string of the molecule is CN(C)C(=O)c1ccc(NC(=O)CC[C@@H]2/C(=C/O)C(=O)[C@@]3(C)CCC4c5ccc(Cl)cc5CCC4C23)nc1. The number of amides is 2. The van der Waals surface area contributed by atoms with Crippen LogP contribution in [0.15, 0.2) is 48.4 Å². The van der Waals surface area contributed by atoms with Crippen molar-refractivity contribution in [3.05, 3.63) is 70.1 Å². The number of nitrogens with zero attached hydrogens (tertiary/aromatic N) is 2. The lowest BCUT2D eigenvalue weighted by Gasteiger charge is -2.49. The summed E-state index contributed by atoms with van der Waals surface area (Å²) in [7, 11) is 3.34. The fraction of sp³-hybridized carbons (Fsp3) is 0.467. The molecule has 0 saturated heterocycles. The zero-order valence-corrected chi connectivity index (χ0v) is 22.8. The maximum absolute atomic E-state index is 13.6. The lowest BCUT2D eigenvalue weighted by molar-refractivity contribution is -0.127. The number of aromatic nitrogens is 1. The lowest BCUT2D eigenvalue weighted by atomic mass is 9.54. The van der Waals surface area contributed by atoms with Crippen molar-refractivity contribution < 1.29 is 19.5 Å². The summed E-state index contributed by atoms with van der Waals surface area (Å²) in [6, 6.07) is 9.41. The second kappa shape index (κ2) is 10.2. The molecule has 5 atom stereocenters. The van der Waals surface area contributed by atoms with Crippen LogP contribution in [0.1, 0.15) is 66.4 Å². The minimum Gasteiger partial charge on any atom is -0.515 e. The number of Topliss-reactive ketones (excluding diaryl/α,β-unsaturated/α-hetero) is 1. The number of ketones is 1. The maximum atomic E-state index is 13.6. The minimum absolute atomic E-state index is 0.0265. The van der Waals surface area contributed by atoms with Crippen molar-refractivity contribution in [3.63, 3.8) is 0 Å². The summed E-state index contributed by atoms with van der Waals surface area (Å²) >= 11 is 6.27. The number of carbonyl (C=O) groups excluding carboxylic acids is 3. The van der Waals surface area contributed by atoms with E-state index in [0.717, 1.165) is 37.0 Å². The Labute approximate surface area is 228 Å². The number of pyridine rings is 1. The van der Waals surface area contributed by atoms with E-state index in [4.69, 9.17) is 11.6 Å². The predicted octanol–water partition coefficient (Wildman–Crippen LogP) is 5.56. The first kappa shape index (κ1) is 26.4. The first-order valence-electron chi connectivity index (χ1n) is 13.3. The van der Waals surface area contributed by atoms with Crippen molar-refractivity contribution >= 4 is 35.0 Å². The van der Waals surface area contributed by atoms with E-state index < -0.39 is 5.41 Å². The number of hydrogen-bond donors (Lipinski definition) is 2. The van der Waals surface area contributed by atoms with Crippen molar-refractivity contribution in [3.8, 4) is 0 Å². The molecule has 1 aromatic heterocycles. The summed E-state index contributed by atoms with van der Waals surface area (Å²) in [5.74, 6) is 0.570. The molecule has 2 aromatic rings. The summed E-state index contributed by atoms with van der Waals surface area (Å²) in [4.78, 5) is 44.2. The van der Waals surface area contributed by atoms with Crippen LogP contribution in [0.4, 0.5) is 5.82 Å². The molecular weight excluding hydrogens is 502 g/mol. The van der Waals surface area contributed by atoms with Gasteiger partial charge in [0.15, 0.2) is 5.78 Å². The van der Waals surface area contributed by atoms with Crippen LogP contribution in [-0.2, 0) is 16.0 Å². The molecule has 5 rings (SSSR count). The van der Waals surface area contributed by atoms with Gasteiger partial charge in [-0.3, -0.25) is 14.4 Å². The third kappa shape index (κ3) is 4.51. The molecule has 200 valence electrons. The topological polar surface area (TPSA) is 99.6 Å².